The van der Waals surface area contributed by atoms with Gasteiger partial charge in [-0.2, -0.15) is 9.55 Å². The molecule has 0 aliphatic rings. The molecule has 0 fully saturated rings. The van der Waals surface area contributed by atoms with Gasteiger partial charge in [0.05, 0.1) is 24.3 Å². The molecule has 4 aromatic rings. The SMILES string of the molecule is C=C/C(C)=C(C)\C(=C/C)n1c2nc3ccccc3n2c2ccc[n+](C)c21. The first-order valence-corrected chi connectivity index (χ1v) is 8.81. The average Bonchev–Trinajstić information content (AvgIpc) is 3.18. The van der Waals surface area contributed by atoms with Crippen LogP contribution in [0.25, 0.3) is 33.7 Å². The van der Waals surface area contributed by atoms with Crippen molar-refractivity contribution in [3.05, 3.63) is 72.5 Å². The molecule has 0 aliphatic heterocycles. The Kier molecular flexibility index (Phi) is 3.76. The number of imidazole rings is 2. The lowest BCUT2D eigenvalue weighted by molar-refractivity contribution is -0.647. The van der Waals surface area contributed by atoms with E-state index < -0.39 is 0 Å². The van der Waals surface area contributed by atoms with Gasteiger partial charge < -0.3 is 0 Å². The Labute approximate surface area is 153 Å². The molecule has 26 heavy (non-hydrogen) atoms. The number of rotatable bonds is 3. The van der Waals surface area contributed by atoms with Gasteiger partial charge in [0, 0.05) is 0 Å². The highest BCUT2D eigenvalue weighted by Gasteiger charge is 2.27. The summed E-state index contributed by atoms with van der Waals surface area (Å²) in [5.41, 5.74) is 7.86. The Morgan fingerprint density at radius 1 is 1.12 bits per heavy atom. The summed E-state index contributed by atoms with van der Waals surface area (Å²) in [4.78, 5) is 4.95. The van der Waals surface area contributed by atoms with Crippen molar-refractivity contribution in [3.63, 3.8) is 0 Å². The average molecular weight is 343 g/mol. The number of fused-ring (bicyclic) bond motifs is 5. The summed E-state index contributed by atoms with van der Waals surface area (Å²) < 4.78 is 6.64. The van der Waals surface area contributed by atoms with Gasteiger partial charge in [-0.1, -0.05) is 24.8 Å². The summed E-state index contributed by atoms with van der Waals surface area (Å²) in [5.74, 6) is 0.923. The number of aromatic nitrogens is 4. The van der Waals surface area contributed by atoms with Gasteiger partial charge in [0.1, 0.15) is 11.2 Å². The van der Waals surface area contributed by atoms with Crippen molar-refractivity contribution >= 4 is 33.7 Å². The molecule has 0 atom stereocenters. The maximum Gasteiger partial charge on any atom is 0.314 e. The lowest BCUT2D eigenvalue weighted by Crippen LogP contribution is -2.30. The molecule has 0 saturated carbocycles. The number of pyridine rings is 1. The van der Waals surface area contributed by atoms with Crippen molar-refractivity contribution in [2.24, 2.45) is 7.05 Å². The molecule has 130 valence electrons. The van der Waals surface area contributed by atoms with Crippen LogP contribution in [0, 0.1) is 0 Å². The maximum atomic E-state index is 4.95. The Hall–Kier alpha value is -3.14. The molecule has 3 aromatic heterocycles. The van der Waals surface area contributed by atoms with Crippen LogP contribution in [0.15, 0.2) is 72.5 Å². The second-order valence-corrected chi connectivity index (χ2v) is 6.59. The van der Waals surface area contributed by atoms with E-state index in [-0.39, 0.29) is 0 Å². The van der Waals surface area contributed by atoms with E-state index in [0.717, 1.165) is 39.2 Å². The molecule has 4 heteroatoms. The molecule has 4 nitrogen and oxygen atoms in total. The number of nitrogens with zero attached hydrogens (tertiary/aromatic N) is 4. The molecule has 0 unspecified atom stereocenters. The van der Waals surface area contributed by atoms with Crippen molar-refractivity contribution in [1.82, 2.24) is 14.0 Å². The van der Waals surface area contributed by atoms with Crippen LogP contribution in [0.5, 0.6) is 0 Å². The minimum Gasteiger partial charge on any atom is -0.250 e. The highest BCUT2D eigenvalue weighted by Crippen LogP contribution is 2.30. The second-order valence-electron chi connectivity index (χ2n) is 6.59. The minimum absolute atomic E-state index is 0.923. The van der Waals surface area contributed by atoms with E-state index >= 15 is 0 Å². The monoisotopic (exact) mass is 343 g/mol. The molecule has 0 bridgehead atoms. The van der Waals surface area contributed by atoms with E-state index in [4.69, 9.17) is 4.98 Å². The standard InChI is InChI=1S/C22H23N4/c1-6-15(3)16(4)18(7-2)26-21-20(13-10-14-24(21)5)25-19-12-9-8-11-17(19)23-22(25)26/h6-14H,1H2,2-5H3/q+1/b16-15-,18-7+. The molecule has 0 amide bonds. The minimum atomic E-state index is 0.923. The second kappa shape index (κ2) is 5.99. The van der Waals surface area contributed by atoms with Gasteiger partial charge in [0.15, 0.2) is 0 Å². The normalized spacial score (nSPS) is 13.6. The van der Waals surface area contributed by atoms with Gasteiger partial charge in [-0.25, -0.2) is 4.57 Å². The predicted molar refractivity (Wildman–Crippen MR) is 108 cm³/mol. The quantitative estimate of drug-likeness (QED) is 0.393. The summed E-state index contributed by atoms with van der Waals surface area (Å²) in [5, 5.41) is 0. The first-order chi connectivity index (χ1) is 12.6. The fraction of sp³-hybridized carbons (Fsp3) is 0.182. The van der Waals surface area contributed by atoms with Crippen LogP contribution in [0.2, 0.25) is 0 Å². The van der Waals surface area contributed by atoms with Crippen LogP contribution < -0.4 is 4.57 Å². The largest absolute Gasteiger partial charge is 0.314 e. The van der Waals surface area contributed by atoms with Gasteiger partial charge in [0.25, 0.3) is 0 Å². The van der Waals surface area contributed by atoms with Gasteiger partial charge in [-0.05, 0) is 62.3 Å². The molecular weight excluding hydrogens is 320 g/mol. The smallest absolute Gasteiger partial charge is 0.250 e. The van der Waals surface area contributed by atoms with E-state index in [9.17, 15) is 0 Å². The third kappa shape index (κ3) is 2.15. The fourth-order valence-electron chi connectivity index (χ4n) is 3.62. The number of benzene rings is 1. The molecule has 0 spiro atoms. The molecule has 0 radical (unpaired) electrons. The van der Waals surface area contributed by atoms with E-state index in [2.05, 4.69) is 90.5 Å². The first kappa shape index (κ1) is 16.3. The van der Waals surface area contributed by atoms with E-state index in [0.29, 0.717) is 0 Å². The molecule has 0 saturated heterocycles. The number of hydrogen-bond donors (Lipinski definition) is 0. The van der Waals surface area contributed by atoms with Crippen LogP contribution in [-0.4, -0.2) is 14.0 Å². The van der Waals surface area contributed by atoms with Crippen LogP contribution >= 0.6 is 0 Å². The number of hydrogen-bond acceptors (Lipinski definition) is 1. The molecule has 3 heterocycles. The summed E-state index contributed by atoms with van der Waals surface area (Å²) in [6, 6.07) is 12.5. The molecule has 1 aromatic carbocycles. The van der Waals surface area contributed by atoms with Crippen LogP contribution in [-0.2, 0) is 7.05 Å². The van der Waals surface area contributed by atoms with E-state index in [1.165, 1.54) is 5.57 Å². The van der Waals surface area contributed by atoms with Gasteiger partial charge in [-0.3, -0.25) is 4.40 Å². The predicted octanol–water partition coefficient (Wildman–Crippen LogP) is 4.65. The van der Waals surface area contributed by atoms with Crippen molar-refractivity contribution in [2.45, 2.75) is 20.8 Å². The van der Waals surface area contributed by atoms with Crippen molar-refractivity contribution in [3.8, 4) is 0 Å². The van der Waals surface area contributed by atoms with Crippen molar-refractivity contribution in [1.29, 1.82) is 0 Å². The zero-order chi connectivity index (χ0) is 18.4. The fourth-order valence-corrected chi connectivity index (χ4v) is 3.62. The van der Waals surface area contributed by atoms with Gasteiger partial charge in [-0.15, -0.1) is 0 Å². The molecule has 0 N–H and O–H groups in total. The Balaban J connectivity index is 2.25. The van der Waals surface area contributed by atoms with Crippen LogP contribution in [0.4, 0.5) is 0 Å². The lowest BCUT2D eigenvalue weighted by atomic mass is 10.1. The highest BCUT2D eigenvalue weighted by molar-refractivity contribution is 5.91. The maximum absolute atomic E-state index is 4.95. The summed E-state index contributed by atoms with van der Waals surface area (Å²) >= 11 is 0. The van der Waals surface area contributed by atoms with Gasteiger partial charge in [0.2, 0.25) is 0 Å². The summed E-state index contributed by atoms with van der Waals surface area (Å²) in [6.45, 7) is 10.2. The lowest BCUT2D eigenvalue weighted by Gasteiger charge is -2.07. The molecule has 4 rings (SSSR count). The number of aryl methyl sites for hydroxylation is 1. The highest BCUT2D eigenvalue weighted by atomic mass is 15.3. The van der Waals surface area contributed by atoms with Crippen LogP contribution in [0.1, 0.15) is 20.8 Å². The van der Waals surface area contributed by atoms with Crippen molar-refractivity contribution < 1.29 is 4.57 Å². The third-order valence-electron chi connectivity index (χ3n) is 5.12. The first-order valence-electron chi connectivity index (χ1n) is 8.81. The zero-order valence-corrected chi connectivity index (χ0v) is 15.7. The molecule has 0 aliphatic carbocycles. The summed E-state index contributed by atoms with van der Waals surface area (Å²) in [6.07, 6.45) is 6.13. The third-order valence-corrected chi connectivity index (χ3v) is 5.12. The van der Waals surface area contributed by atoms with Crippen LogP contribution in [0.3, 0.4) is 0 Å². The Bertz CT molecular complexity index is 1230. The zero-order valence-electron chi connectivity index (χ0n) is 15.7. The number of para-hydroxylation sites is 2. The Morgan fingerprint density at radius 3 is 2.58 bits per heavy atom. The number of allylic oxidation sites excluding steroid dienone is 5. The van der Waals surface area contributed by atoms with Gasteiger partial charge >= 0.3 is 11.4 Å². The topological polar surface area (TPSA) is 26.1 Å². The summed E-state index contributed by atoms with van der Waals surface area (Å²) in [7, 11) is 2.08. The Morgan fingerprint density at radius 2 is 1.85 bits per heavy atom. The van der Waals surface area contributed by atoms with Crippen molar-refractivity contribution in [2.75, 3.05) is 0 Å². The van der Waals surface area contributed by atoms with E-state index in [1.807, 2.05) is 12.1 Å². The van der Waals surface area contributed by atoms with E-state index in [1.54, 1.807) is 0 Å². The molecular formula is C22H23N4+.